The van der Waals surface area contributed by atoms with E-state index < -0.39 is 6.10 Å². The number of ether oxygens (including phenoxy) is 2. The number of carbonyl (C=O) groups excluding carboxylic acids is 2. The van der Waals surface area contributed by atoms with Gasteiger partial charge in [0, 0.05) is 12.2 Å². The number of methoxy groups -OCH3 is 1. The maximum Gasteiger partial charge on any atom is 0.257 e. The van der Waals surface area contributed by atoms with Crippen LogP contribution in [0.2, 0.25) is 0 Å². The molecule has 0 radical (unpaired) electrons. The first kappa shape index (κ1) is 18.9. The molecule has 0 aromatic heterocycles. The van der Waals surface area contributed by atoms with Gasteiger partial charge in [0.2, 0.25) is 0 Å². The van der Waals surface area contributed by atoms with Gasteiger partial charge in [-0.15, -0.1) is 0 Å². The second kappa shape index (κ2) is 8.66. The first-order valence-electron chi connectivity index (χ1n) is 8.81. The zero-order chi connectivity index (χ0) is 19.2. The van der Waals surface area contributed by atoms with Gasteiger partial charge in [-0.1, -0.05) is 12.1 Å². The summed E-state index contributed by atoms with van der Waals surface area (Å²) >= 11 is 0. The van der Waals surface area contributed by atoms with Gasteiger partial charge in [-0.3, -0.25) is 9.59 Å². The Bertz CT molecular complexity index is 807. The van der Waals surface area contributed by atoms with E-state index in [9.17, 15) is 9.59 Å². The van der Waals surface area contributed by atoms with Crippen molar-refractivity contribution in [1.29, 1.82) is 0 Å². The average Bonchev–Trinajstić information content (AvgIpc) is 3.18. The molecule has 1 heterocycles. The lowest BCUT2D eigenvalue weighted by atomic mass is 10.1. The SMILES string of the molecule is COc1ccc(NC(=O)c2ccccc2NC(=O)[C@@H]2CC[C@H](CN)O2)cc1. The zero-order valence-corrected chi connectivity index (χ0v) is 15.1. The Balaban J connectivity index is 1.69. The summed E-state index contributed by atoms with van der Waals surface area (Å²) in [7, 11) is 1.58. The largest absolute Gasteiger partial charge is 0.497 e. The average molecular weight is 369 g/mol. The van der Waals surface area contributed by atoms with Crippen LogP contribution in [0.4, 0.5) is 11.4 Å². The number of rotatable bonds is 6. The number of hydrogen-bond donors (Lipinski definition) is 3. The molecule has 0 saturated carbocycles. The fraction of sp³-hybridized carbons (Fsp3) is 0.300. The van der Waals surface area contributed by atoms with Gasteiger partial charge < -0.3 is 25.8 Å². The van der Waals surface area contributed by atoms with E-state index in [2.05, 4.69) is 10.6 Å². The molecule has 2 amide bonds. The molecule has 4 N–H and O–H groups in total. The second-order valence-corrected chi connectivity index (χ2v) is 6.28. The molecule has 0 bridgehead atoms. The molecule has 7 nitrogen and oxygen atoms in total. The predicted octanol–water partition coefficient (Wildman–Crippen LogP) is 2.39. The monoisotopic (exact) mass is 369 g/mol. The maximum atomic E-state index is 12.6. The molecule has 0 spiro atoms. The van der Waals surface area contributed by atoms with E-state index in [0.717, 1.165) is 6.42 Å². The third-order valence-corrected chi connectivity index (χ3v) is 4.44. The van der Waals surface area contributed by atoms with Crippen LogP contribution in [0.25, 0.3) is 0 Å². The number of benzene rings is 2. The lowest BCUT2D eigenvalue weighted by Crippen LogP contribution is -2.30. The van der Waals surface area contributed by atoms with E-state index in [1.807, 2.05) is 0 Å². The van der Waals surface area contributed by atoms with E-state index in [0.29, 0.717) is 35.7 Å². The van der Waals surface area contributed by atoms with Crippen molar-refractivity contribution in [3.63, 3.8) is 0 Å². The minimum atomic E-state index is -0.545. The summed E-state index contributed by atoms with van der Waals surface area (Å²) in [4.78, 5) is 25.1. The van der Waals surface area contributed by atoms with Gasteiger partial charge in [0.05, 0.1) is 24.5 Å². The first-order chi connectivity index (χ1) is 13.1. The fourth-order valence-corrected chi connectivity index (χ4v) is 2.95. The van der Waals surface area contributed by atoms with Crippen LogP contribution in [0.1, 0.15) is 23.2 Å². The van der Waals surface area contributed by atoms with Crippen molar-refractivity contribution in [2.75, 3.05) is 24.3 Å². The quantitative estimate of drug-likeness (QED) is 0.725. The van der Waals surface area contributed by atoms with Gasteiger partial charge in [0.25, 0.3) is 11.8 Å². The van der Waals surface area contributed by atoms with Crippen LogP contribution >= 0.6 is 0 Å². The molecule has 2 atom stereocenters. The zero-order valence-electron chi connectivity index (χ0n) is 15.1. The predicted molar refractivity (Wildman–Crippen MR) is 103 cm³/mol. The van der Waals surface area contributed by atoms with Crippen molar-refractivity contribution in [2.45, 2.75) is 25.0 Å². The second-order valence-electron chi connectivity index (χ2n) is 6.28. The molecule has 142 valence electrons. The van der Waals surface area contributed by atoms with Gasteiger partial charge in [0.15, 0.2) is 0 Å². The Morgan fingerprint density at radius 3 is 2.52 bits per heavy atom. The van der Waals surface area contributed by atoms with Crippen LogP contribution in [0.5, 0.6) is 5.75 Å². The lowest BCUT2D eigenvalue weighted by molar-refractivity contribution is -0.126. The third kappa shape index (κ3) is 4.64. The van der Waals surface area contributed by atoms with Gasteiger partial charge in [-0.05, 0) is 49.2 Å². The van der Waals surface area contributed by atoms with E-state index >= 15 is 0 Å². The van der Waals surface area contributed by atoms with Crippen LogP contribution in [-0.4, -0.2) is 37.7 Å². The molecule has 2 aromatic rings. The van der Waals surface area contributed by atoms with E-state index in [1.165, 1.54) is 0 Å². The third-order valence-electron chi connectivity index (χ3n) is 4.44. The Morgan fingerprint density at radius 2 is 1.85 bits per heavy atom. The van der Waals surface area contributed by atoms with Crippen molar-refractivity contribution in [3.05, 3.63) is 54.1 Å². The van der Waals surface area contributed by atoms with Crippen LogP contribution < -0.4 is 21.1 Å². The molecule has 0 aliphatic carbocycles. The molecule has 1 aliphatic heterocycles. The number of para-hydroxylation sites is 1. The van der Waals surface area contributed by atoms with Crippen LogP contribution in [0.15, 0.2) is 48.5 Å². The number of carbonyl (C=O) groups is 2. The molecule has 1 fully saturated rings. The van der Waals surface area contributed by atoms with Crippen molar-refractivity contribution >= 4 is 23.2 Å². The number of nitrogens with two attached hydrogens (primary N) is 1. The smallest absolute Gasteiger partial charge is 0.257 e. The van der Waals surface area contributed by atoms with E-state index in [-0.39, 0.29) is 17.9 Å². The summed E-state index contributed by atoms with van der Waals surface area (Å²) in [6.45, 7) is 0.393. The highest BCUT2D eigenvalue weighted by Crippen LogP contribution is 2.23. The summed E-state index contributed by atoms with van der Waals surface area (Å²) in [6, 6.07) is 13.9. The summed E-state index contributed by atoms with van der Waals surface area (Å²) in [5.41, 5.74) is 7.03. The van der Waals surface area contributed by atoms with Crippen LogP contribution in [0, 0.1) is 0 Å². The van der Waals surface area contributed by atoms with Gasteiger partial charge in [-0.2, -0.15) is 0 Å². The molecule has 0 unspecified atom stereocenters. The molecule has 1 saturated heterocycles. The number of nitrogens with one attached hydrogen (secondary N) is 2. The summed E-state index contributed by atoms with van der Waals surface area (Å²) in [5.74, 6) is 0.117. The summed E-state index contributed by atoms with van der Waals surface area (Å²) in [6.07, 6.45) is 0.743. The molecule has 1 aliphatic rings. The van der Waals surface area contributed by atoms with Gasteiger partial charge >= 0.3 is 0 Å². The Morgan fingerprint density at radius 1 is 1.11 bits per heavy atom. The van der Waals surface area contributed by atoms with Crippen LogP contribution in [0.3, 0.4) is 0 Å². The van der Waals surface area contributed by atoms with Crippen LogP contribution in [-0.2, 0) is 9.53 Å². The van der Waals surface area contributed by atoms with Crippen molar-refractivity contribution < 1.29 is 19.1 Å². The standard InChI is InChI=1S/C20H23N3O4/c1-26-14-8-6-13(7-9-14)22-19(24)16-4-2-3-5-17(16)23-20(25)18-11-10-15(12-21)27-18/h2-9,15,18H,10-12,21H2,1H3,(H,22,24)(H,23,25)/t15-,18+/m1/s1. The summed E-state index contributed by atoms with van der Waals surface area (Å²) in [5, 5.41) is 5.61. The minimum Gasteiger partial charge on any atom is -0.497 e. The molecular formula is C20H23N3O4. The highest BCUT2D eigenvalue weighted by Gasteiger charge is 2.30. The summed E-state index contributed by atoms with van der Waals surface area (Å²) < 4.78 is 10.7. The van der Waals surface area contributed by atoms with E-state index in [4.69, 9.17) is 15.2 Å². The number of anilines is 2. The Hall–Kier alpha value is -2.90. The number of hydrogen-bond acceptors (Lipinski definition) is 5. The van der Waals surface area contributed by atoms with Crippen molar-refractivity contribution in [3.8, 4) is 5.75 Å². The highest BCUT2D eigenvalue weighted by molar-refractivity contribution is 6.10. The van der Waals surface area contributed by atoms with Gasteiger partial charge in [0.1, 0.15) is 11.9 Å². The Kier molecular flexibility index (Phi) is 6.05. The Labute approximate surface area is 157 Å². The first-order valence-corrected chi connectivity index (χ1v) is 8.81. The lowest BCUT2D eigenvalue weighted by Gasteiger charge is -2.15. The fourth-order valence-electron chi connectivity index (χ4n) is 2.95. The molecule has 27 heavy (non-hydrogen) atoms. The minimum absolute atomic E-state index is 0.0886. The van der Waals surface area contributed by atoms with Crippen molar-refractivity contribution in [1.82, 2.24) is 0 Å². The van der Waals surface area contributed by atoms with E-state index in [1.54, 1.807) is 55.6 Å². The van der Waals surface area contributed by atoms with Gasteiger partial charge in [-0.25, -0.2) is 0 Å². The van der Waals surface area contributed by atoms with Crippen molar-refractivity contribution in [2.24, 2.45) is 5.73 Å². The molecule has 2 aromatic carbocycles. The topological polar surface area (TPSA) is 103 Å². The maximum absolute atomic E-state index is 12.6. The normalized spacial score (nSPS) is 18.7. The highest BCUT2D eigenvalue weighted by atomic mass is 16.5. The molecular weight excluding hydrogens is 346 g/mol. The number of amides is 2. The molecule has 3 rings (SSSR count). The molecule has 7 heteroatoms.